The van der Waals surface area contributed by atoms with Crippen molar-refractivity contribution >= 4 is 35.6 Å². The van der Waals surface area contributed by atoms with Crippen LogP contribution in [0.2, 0.25) is 0 Å². The van der Waals surface area contributed by atoms with Crippen LogP contribution in [0, 0.1) is 16.0 Å². The largest absolute Gasteiger partial charge is 0.482 e. The Labute approximate surface area is 174 Å². The molecule has 0 unspecified atom stereocenters. The van der Waals surface area contributed by atoms with E-state index in [4.69, 9.17) is 4.74 Å². The van der Waals surface area contributed by atoms with Crippen molar-refractivity contribution in [2.75, 3.05) is 37.7 Å². The molecule has 3 aliphatic rings. The van der Waals surface area contributed by atoms with E-state index in [-0.39, 0.29) is 48.7 Å². The number of fused-ring (bicyclic) bond motifs is 1. The highest BCUT2D eigenvalue weighted by Crippen LogP contribution is 2.35. The highest BCUT2D eigenvalue weighted by Gasteiger charge is 2.32. The Balaban J connectivity index is 0.00000240. The third-order valence-corrected chi connectivity index (χ3v) is 5.63. The van der Waals surface area contributed by atoms with E-state index in [1.807, 2.05) is 0 Å². The fraction of sp³-hybridized carbons (Fsp3) is 0.579. The molecule has 29 heavy (non-hydrogen) atoms. The third kappa shape index (κ3) is 4.97. The topological polar surface area (TPSA) is 105 Å². The van der Waals surface area contributed by atoms with Gasteiger partial charge in [-0.05, 0) is 44.2 Å². The summed E-state index contributed by atoms with van der Waals surface area (Å²) in [5, 5.41) is 14.6. The zero-order chi connectivity index (χ0) is 19.7. The maximum Gasteiger partial charge on any atom is 0.271 e. The van der Waals surface area contributed by atoms with Gasteiger partial charge in [-0.2, -0.15) is 0 Å². The number of hydrogen-bond acceptors (Lipinski definition) is 6. The van der Waals surface area contributed by atoms with Crippen molar-refractivity contribution < 1.29 is 19.2 Å². The molecule has 1 saturated heterocycles. The normalized spacial score (nSPS) is 19.2. The average molecular weight is 425 g/mol. The molecule has 0 radical (unpaired) electrons. The van der Waals surface area contributed by atoms with Crippen molar-refractivity contribution in [3.63, 3.8) is 0 Å². The Morgan fingerprint density at radius 3 is 2.62 bits per heavy atom. The van der Waals surface area contributed by atoms with E-state index < -0.39 is 4.92 Å². The smallest absolute Gasteiger partial charge is 0.271 e. The van der Waals surface area contributed by atoms with E-state index >= 15 is 0 Å². The van der Waals surface area contributed by atoms with Crippen molar-refractivity contribution in [1.29, 1.82) is 0 Å². The average Bonchev–Trinajstić information content (AvgIpc) is 3.53. The molecule has 9 nitrogen and oxygen atoms in total. The summed E-state index contributed by atoms with van der Waals surface area (Å²) in [6, 6.07) is 4.52. The second-order valence-electron chi connectivity index (χ2n) is 7.68. The first-order chi connectivity index (χ1) is 13.5. The van der Waals surface area contributed by atoms with Crippen molar-refractivity contribution in [2.24, 2.45) is 5.92 Å². The lowest BCUT2D eigenvalue weighted by Crippen LogP contribution is -2.50. The molecular formula is C19H25ClN4O5. The quantitative estimate of drug-likeness (QED) is 0.550. The number of ether oxygens (including phenoxy) is 1. The molecule has 10 heteroatoms. The summed E-state index contributed by atoms with van der Waals surface area (Å²) in [5.74, 6) is 0.688. The SMILES string of the molecule is Cl.O=C(CN1C(=O)COc2ccc([N+](=O)[O-])cc21)N1CCC(NCC2CC2)CC1. The first-order valence-corrected chi connectivity index (χ1v) is 9.74. The van der Waals surface area contributed by atoms with Gasteiger partial charge in [0.05, 0.1) is 10.6 Å². The minimum absolute atomic E-state index is 0. The highest BCUT2D eigenvalue weighted by atomic mass is 35.5. The molecular weight excluding hydrogens is 400 g/mol. The van der Waals surface area contributed by atoms with Gasteiger partial charge >= 0.3 is 0 Å². The summed E-state index contributed by atoms with van der Waals surface area (Å²) in [6.45, 7) is 2.07. The van der Waals surface area contributed by atoms with Crippen LogP contribution in [0.25, 0.3) is 0 Å². The van der Waals surface area contributed by atoms with Crippen LogP contribution in [-0.4, -0.2) is 60.5 Å². The number of anilines is 1. The molecule has 4 rings (SSSR count). The number of nitrogens with zero attached hydrogens (tertiary/aromatic N) is 3. The maximum atomic E-state index is 12.8. The fourth-order valence-electron chi connectivity index (χ4n) is 3.70. The van der Waals surface area contributed by atoms with Crippen LogP contribution in [0.3, 0.4) is 0 Å². The zero-order valence-electron chi connectivity index (χ0n) is 16.0. The molecule has 1 saturated carbocycles. The van der Waals surface area contributed by atoms with Gasteiger partial charge in [0.25, 0.3) is 11.6 Å². The van der Waals surface area contributed by atoms with Gasteiger partial charge in [0.1, 0.15) is 12.3 Å². The Bertz CT molecular complexity index is 793. The molecule has 1 aromatic rings. The van der Waals surface area contributed by atoms with Gasteiger partial charge in [0, 0.05) is 31.3 Å². The molecule has 0 spiro atoms. The van der Waals surface area contributed by atoms with Gasteiger partial charge in [0.15, 0.2) is 6.61 Å². The predicted octanol–water partition coefficient (Wildman–Crippen LogP) is 1.73. The van der Waals surface area contributed by atoms with Gasteiger partial charge in [-0.3, -0.25) is 24.6 Å². The molecule has 1 aromatic carbocycles. The van der Waals surface area contributed by atoms with E-state index in [1.165, 1.54) is 35.9 Å². The first kappa shape index (κ1) is 21.3. The summed E-state index contributed by atoms with van der Waals surface area (Å²) in [7, 11) is 0. The number of halogens is 1. The second-order valence-corrected chi connectivity index (χ2v) is 7.68. The zero-order valence-corrected chi connectivity index (χ0v) is 16.9. The summed E-state index contributed by atoms with van der Waals surface area (Å²) in [4.78, 5) is 38.7. The van der Waals surface area contributed by atoms with Crippen LogP contribution in [0.15, 0.2) is 18.2 Å². The van der Waals surface area contributed by atoms with Gasteiger partial charge in [-0.25, -0.2) is 0 Å². The van der Waals surface area contributed by atoms with E-state index in [9.17, 15) is 19.7 Å². The van der Waals surface area contributed by atoms with Crippen LogP contribution in [0.5, 0.6) is 5.75 Å². The van der Waals surface area contributed by atoms with Crippen LogP contribution < -0.4 is 15.0 Å². The number of benzene rings is 1. The molecule has 1 N–H and O–H groups in total. The lowest BCUT2D eigenvalue weighted by molar-refractivity contribution is -0.384. The van der Waals surface area contributed by atoms with Crippen molar-refractivity contribution in [3.05, 3.63) is 28.3 Å². The molecule has 0 bridgehead atoms. The third-order valence-electron chi connectivity index (χ3n) is 5.63. The number of nitro groups is 1. The summed E-state index contributed by atoms with van der Waals surface area (Å²) >= 11 is 0. The Morgan fingerprint density at radius 2 is 1.97 bits per heavy atom. The molecule has 158 valence electrons. The first-order valence-electron chi connectivity index (χ1n) is 9.74. The molecule has 1 aliphatic carbocycles. The number of hydrogen-bond donors (Lipinski definition) is 1. The van der Waals surface area contributed by atoms with E-state index in [1.54, 1.807) is 4.90 Å². The number of nitrogens with one attached hydrogen (secondary N) is 1. The van der Waals surface area contributed by atoms with Crippen LogP contribution >= 0.6 is 12.4 Å². The van der Waals surface area contributed by atoms with Crippen LogP contribution in [0.1, 0.15) is 25.7 Å². The lowest BCUT2D eigenvalue weighted by Gasteiger charge is -2.35. The number of piperidine rings is 1. The van der Waals surface area contributed by atoms with Gasteiger partial charge in [0.2, 0.25) is 5.91 Å². The van der Waals surface area contributed by atoms with Gasteiger partial charge in [-0.1, -0.05) is 0 Å². The Morgan fingerprint density at radius 1 is 1.24 bits per heavy atom. The molecule has 2 amide bonds. The number of likely N-dealkylation sites (tertiary alicyclic amines) is 1. The molecule has 2 fully saturated rings. The standard InChI is InChI=1S/C19H24N4O5.ClH/c24-18(21-7-5-14(6-8-21)20-10-13-1-2-13)11-22-16-9-15(23(26)27)3-4-17(16)28-12-19(22)25;/h3-4,9,13-14,20H,1-2,5-8,10-12H2;1H. The van der Waals surface area contributed by atoms with E-state index in [0.717, 1.165) is 25.3 Å². The lowest BCUT2D eigenvalue weighted by atomic mass is 10.0. The van der Waals surface area contributed by atoms with E-state index in [2.05, 4.69) is 5.32 Å². The van der Waals surface area contributed by atoms with Crippen molar-refractivity contribution in [2.45, 2.75) is 31.7 Å². The second kappa shape index (κ2) is 8.96. The van der Waals surface area contributed by atoms with Crippen molar-refractivity contribution in [3.8, 4) is 5.75 Å². The summed E-state index contributed by atoms with van der Waals surface area (Å²) in [5.41, 5.74) is 0.136. The summed E-state index contributed by atoms with van der Waals surface area (Å²) < 4.78 is 5.35. The fourth-order valence-corrected chi connectivity index (χ4v) is 3.70. The number of non-ortho nitro benzene ring substituents is 1. The molecule has 0 atom stereocenters. The molecule has 0 aromatic heterocycles. The Hall–Kier alpha value is -2.39. The van der Waals surface area contributed by atoms with Crippen molar-refractivity contribution in [1.82, 2.24) is 10.2 Å². The maximum absolute atomic E-state index is 12.8. The monoisotopic (exact) mass is 424 g/mol. The van der Waals surface area contributed by atoms with E-state index in [0.29, 0.717) is 24.9 Å². The Kier molecular flexibility index (Phi) is 6.59. The minimum Gasteiger partial charge on any atom is -0.482 e. The minimum atomic E-state index is -0.529. The number of amides is 2. The number of carbonyl (C=O) groups excluding carboxylic acids is 2. The number of nitro benzene ring substituents is 1. The molecule has 2 aliphatic heterocycles. The van der Waals surface area contributed by atoms with Crippen LogP contribution in [0.4, 0.5) is 11.4 Å². The molecule has 2 heterocycles. The van der Waals surface area contributed by atoms with Crippen LogP contribution in [-0.2, 0) is 9.59 Å². The van der Waals surface area contributed by atoms with Gasteiger partial charge in [-0.15, -0.1) is 12.4 Å². The predicted molar refractivity (Wildman–Crippen MR) is 109 cm³/mol. The number of carbonyl (C=O) groups is 2. The summed E-state index contributed by atoms with van der Waals surface area (Å²) in [6.07, 6.45) is 4.43. The van der Waals surface area contributed by atoms with Gasteiger partial charge < -0.3 is 15.0 Å². The highest BCUT2D eigenvalue weighted by molar-refractivity contribution is 6.02. The number of rotatable bonds is 6.